The Balaban J connectivity index is 1.39. The largest absolute Gasteiger partial charge is 0.497 e. The van der Waals surface area contributed by atoms with Crippen LogP contribution in [0.3, 0.4) is 0 Å². The molecule has 172 valence electrons. The van der Waals surface area contributed by atoms with Crippen molar-refractivity contribution in [3.05, 3.63) is 18.2 Å². The van der Waals surface area contributed by atoms with Gasteiger partial charge in [-0.3, -0.25) is 15.0 Å². The van der Waals surface area contributed by atoms with Crippen LogP contribution in [0.25, 0.3) is 0 Å². The first kappa shape index (κ1) is 23.2. The molecule has 2 unspecified atom stereocenters. The molecule has 0 radical (unpaired) electrons. The second kappa shape index (κ2) is 11.2. The minimum atomic E-state index is -0.368. The molecule has 2 fully saturated rings. The molecule has 1 aromatic rings. The van der Waals surface area contributed by atoms with E-state index in [1.165, 1.54) is 6.42 Å². The summed E-state index contributed by atoms with van der Waals surface area (Å²) in [6.45, 7) is 4.00. The molecule has 3 rings (SSSR count). The molecule has 1 aromatic carbocycles. The molecular weight excluding hydrogens is 396 g/mol. The number of amides is 3. The number of carbonyl (C=O) groups is 2. The van der Waals surface area contributed by atoms with Crippen LogP contribution in [0.5, 0.6) is 11.5 Å². The Morgan fingerprint density at radius 2 is 1.65 bits per heavy atom. The Morgan fingerprint density at radius 1 is 1.00 bits per heavy atom. The maximum Gasteiger partial charge on any atom is 0.321 e. The zero-order valence-electron chi connectivity index (χ0n) is 18.9. The van der Waals surface area contributed by atoms with Gasteiger partial charge in [0.2, 0.25) is 5.91 Å². The van der Waals surface area contributed by atoms with Gasteiger partial charge in [0.15, 0.2) is 0 Å². The molecule has 2 aliphatic rings. The molecule has 0 spiro atoms. The first-order chi connectivity index (χ1) is 15.0. The molecule has 2 atom stereocenters. The Bertz CT molecular complexity index is 727. The molecule has 3 N–H and O–H groups in total. The molecule has 1 heterocycles. The summed E-state index contributed by atoms with van der Waals surface area (Å²) in [7, 11) is 3.27. The van der Waals surface area contributed by atoms with E-state index >= 15 is 0 Å². The zero-order valence-corrected chi connectivity index (χ0v) is 18.9. The number of methoxy groups -OCH3 is 2. The van der Waals surface area contributed by atoms with E-state index in [0.717, 1.165) is 62.4 Å². The van der Waals surface area contributed by atoms with Crippen LogP contribution in [0, 0.1) is 5.92 Å². The van der Waals surface area contributed by atoms with Crippen molar-refractivity contribution in [2.75, 3.05) is 39.2 Å². The predicted molar refractivity (Wildman–Crippen MR) is 121 cm³/mol. The molecule has 8 heteroatoms. The van der Waals surface area contributed by atoms with Gasteiger partial charge in [0.1, 0.15) is 11.5 Å². The molecule has 1 aliphatic heterocycles. The second-order valence-electron chi connectivity index (χ2n) is 8.69. The van der Waals surface area contributed by atoms with E-state index in [2.05, 4.69) is 27.8 Å². The minimum Gasteiger partial charge on any atom is -0.497 e. The number of benzene rings is 1. The first-order valence-electron chi connectivity index (χ1n) is 11.3. The number of piperidine rings is 1. The third-order valence-corrected chi connectivity index (χ3v) is 6.36. The van der Waals surface area contributed by atoms with Gasteiger partial charge in [-0.15, -0.1) is 0 Å². The monoisotopic (exact) mass is 432 g/mol. The highest BCUT2D eigenvalue weighted by Gasteiger charge is 2.25. The van der Waals surface area contributed by atoms with Crippen molar-refractivity contribution in [3.63, 3.8) is 0 Å². The smallest absolute Gasteiger partial charge is 0.321 e. The summed E-state index contributed by atoms with van der Waals surface area (Å²) < 4.78 is 10.7. The maximum absolute atomic E-state index is 12.3. The van der Waals surface area contributed by atoms with Crippen molar-refractivity contribution in [1.82, 2.24) is 15.5 Å². The highest BCUT2D eigenvalue weighted by molar-refractivity contribution is 5.95. The van der Waals surface area contributed by atoms with Crippen LogP contribution in [0.4, 0.5) is 10.5 Å². The standard InChI is InChI=1S/C23H36N4O4/c1-16-6-4-5-7-21(16)25-23(29)26-22(28)15-27-10-8-17(9-11-27)24-18-12-19(30-2)14-20(13-18)31-3/h12-14,16-17,21,24H,4-11,15H2,1-3H3,(H2,25,26,28,29). The van der Waals surface area contributed by atoms with Gasteiger partial charge in [-0.2, -0.15) is 0 Å². The molecule has 31 heavy (non-hydrogen) atoms. The van der Waals surface area contributed by atoms with E-state index in [-0.39, 0.29) is 24.5 Å². The fraction of sp³-hybridized carbons (Fsp3) is 0.652. The topological polar surface area (TPSA) is 91.9 Å². The van der Waals surface area contributed by atoms with E-state index in [1.807, 2.05) is 18.2 Å². The van der Waals surface area contributed by atoms with Crippen molar-refractivity contribution < 1.29 is 19.1 Å². The van der Waals surface area contributed by atoms with Crippen molar-refractivity contribution in [1.29, 1.82) is 0 Å². The highest BCUT2D eigenvalue weighted by atomic mass is 16.5. The van der Waals surface area contributed by atoms with Gasteiger partial charge < -0.3 is 20.1 Å². The third kappa shape index (κ3) is 7.02. The quantitative estimate of drug-likeness (QED) is 0.614. The Labute approximate surface area is 185 Å². The predicted octanol–water partition coefficient (Wildman–Crippen LogP) is 2.98. The lowest BCUT2D eigenvalue weighted by molar-refractivity contribution is -0.121. The summed E-state index contributed by atoms with van der Waals surface area (Å²) in [5.74, 6) is 1.71. The minimum absolute atomic E-state index is 0.165. The summed E-state index contributed by atoms with van der Waals surface area (Å²) in [6.07, 6.45) is 6.30. The van der Waals surface area contributed by atoms with Crippen LogP contribution >= 0.6 is 0 Å². The number of nitrogens with zero attached hydrogens (tertiary/aromatic N) is 1. The van der Waals surface area contributed by atoms with Crippen molar-refractivity contribution in [2.45, 2.75) is 57.5 Å². The summed E-state index contributed by atoms with van der Waals surface area (Å²) in [4.78, 5) is 26.6. The highest BCUT2D eigenvalue weighted by Crippen LogP contribution is 2.27. The molecule has 3 amide bonds. The fourth-order valence-corrected chi connectivity index (χ4v) is 4.47. The first-order valence-corrected chi connectivity index (χ1v) is 11.3. The number of anilines is 1. The van der Waals surface area contributed by atoms with E-state index < -0.39 is 0 Å². The summed E-state index contributed by atoms with van der Waals surface area (Å²) in [6, 6.07) is 5.86. The van der Waals surface area contributed by atoms with Crippen LogP contribution in [-0.4, -0.2) is 62.8 Å². The fourth-order valence-electron chi connectivity index (χ4n) is 4.47. The van der Waals surface area contributed by atoms with Gasteiger partial charge in [0.25, 0.3) is 0 Å². The number of ether oxygens (including phenoxy) is 2. The van der Waals surface area contributed by atoms with Crippen LogP contribution < -0.4 is 25.4 Å². The molecular formula is C23H36N4O4. The Kier molecular flexibility index (Phi) is 8.40. The second-order valence-corrected chi connectivity index (χ2v) is 8.69. The Hall–Kier alpha value is -2.48. The van der Waals surface area contributed by atoms with E-state index in [4.69, 9.17) is 9.47 Å². The van der Waals surface area contributed by atoms with Gasteiger partial charge in [0.05, 0.1) is 20.8 Å². The number of likely N-dealkylation sites (tertiary alicyclic amines) is 1. The lowest BCUT2D eigenvalue weighted by atomic mass is 9.86. The van der Waals surface area contributed by atoms with Gasteiger partial charge in [-0.05, 0) is 31.6 Å². The zero-order chi connectivity index (χ0) is 22.2. The third-order valence-electron chi connectivity index (χ3n) is 6.36. The van der Waals surface area contributed by atoms with Crippen molar-refractivity contribution in [3.8, 4) is 11.5 Å². The van der Waals surface area contributed by atoms with Gasteiger partial charge in [0, 0.05) is 49.1 Å². The molecule has 1 saturated heterocycles. The number of carbonyl (C=O) groups excluding carboxylic acids is 2. The van der Waals surface area contributed by atoms with Gasteiger partial charge >= 0.3 is 6.03 Å². The molecule has 0 bridgehead atoms. The molecule has 1 saturated carbocycles. The number of nitrogens with one attached hydrogen (secondary N) is 3. The Morgan fingerprint density at radius 3 is 2.26 bits per heavy atom. The molecule has 8 nitrogen and oxygen atoms in total. The summed E-state index contributed by atoms with van der Waals surface area (Å²) in [5, 5.41) is 9.00. The number of imide groups is 1. The SMILES string of the molecule is COc1cc(NC2CCN(CC(=O)NC(=O)NC3CCCCC3C)CC2)cc(OC)c1. The van der Waals surface area contributed by atoms with Crippen molar-refractivity contribution in [2.24, 2.45) is 5.92 Å². The van der Waals surface area contributed by atoms with Crippen LogP contribution in [0.2, 0.25) is 0 Å². The number of hydrogen-bond acceptors (Lipinski definition) is 6. The normalized spacial score (nSPS) is 22.4. The molecule has 0 aromatic heterocycles. The molecule has 1 aliphatic carbocycles. The van der Waals surface area contributed by atoms with Gasteiger partial charge in [-0.25, -0.2) is 4.79 Å². The average Bonchev–Trinajstić information content (AvgIpc) is 2.76. The summed E-state index contributed by atoms with van der Waals surface area (Å²) >= 11 is 0. The number of urea groups is 1. The number of rotatable bonds is 7. The van der Waals surface area contributed by atoms with Crippen LogP contribution in [0.1, 0.15) is 45.4 Å². The lowest BCUT2D eigenvalue weighted by Gasteiger charge is -2.32. The van der Waals surface area contributed by atoms with E-state index in [9.17, 15) is 9.59 Å². The van der Waals surface area contributed by atoms with E-state index in [1.54, 1.807) is 14.2 Å². The van der Waals surface area contributed by atoms with Crippen molar-refractivity contribution >= 4 is 17.6 Å². The van der Waals surface area contributed by atoms with Crippen LogP contribution in [-0.2, 0) is 4.79 Å². The summed E-state index contributed by atoms with van der Waals surface area (Å²) in [5.41, 5.74) is 0.959. The van der Waals surface area contributed by atoms with Crippen LogP contribution in [0.15, 0.2) is 18.2 Å². The van der Waals surface area contributed by atoms with Gasteiger partial charge in [-0.1, -0.05) is 19.8 Å². The van der Waals surface area contributed by atoms with E-state index in [0.29, 0.717) is 12.0 Å². The maximum atomic E-state index is 12.3. The average molecular weight is 433 g/mol. The number of hydrogen-bond donors (Lipinski definition) is 3. The lowest BCUT2D eigenvalue weighted by Crippen LogP contribution is -2.51.